The van der Waals surface area contributed by atoms with E-state index in [2.05, 4.69) is 16.2 Å². The van der Waals surface area contributed by atoms with E-state index in [0.29, 0.717) is 0 Å². The molecule has 0 heterocycles. The average Bonchev–Trinajstić information content (AvgIpc) is 2.41. The third-order valence-corrected chi connectivity index (χ3v) is 1.75. The topological polar surface area (TPSA) is 73.9 Å². The summed E-state index contributed by atoms with van der Waals surface area (Å²) >= 11 is 0. The van der Waals surface area contributed by atoms with Crippen LogP contribution < -0.4 is 5.48 Å². The van der Waals surface area contributed by atoms with E-state index in [-0.39, 0.29) is 13.2 Å². The highest BCUT2D eigenvalue weighted by Crippen LogP contribution is 2.00. The molecule has 0 unspecified atom stereocenters. The van der Waals surface area contributed by atoms with E-state index in [9.17, 15) is 9.59 Å². The smallest absolute Gasteiger partial charge is 0.443 e. The third kappa shape index (κ3) is 5.55. The molecule has 1 aromatic rings. The van der Waals surface area contributed by atoms with Crippen LogP contribution in [0.25, 0.3) is 0 Å². The van der Waals surface area contributed by atoms with Gasteiger partial charge < -0.3 is 14.3 Å². The highest BCUT2D eigenvalue weighted by molar-refractivity contribution is 5.69. The Morgan fingerprint density at radius 3 is 2.61 bits per heavy atom. The Labute approximate surface area is 104 Å². The van der Waals surface area contributed by atoms with E-state index in [0.717, 1.165) is 5.56 Å². The minimum absolute atomic E-state index is 0.0221. The van der Waals surface area contributed by atoms with Gasteiger partial charge in [-0.05, 0) is 5.56 Å². The second-order valence-electron chi connectivity index (χ2n) is 3.12. The number of hydroxylamine groups is 1. The van der Waals surface area contributed by atoms with Crippen molar-refractivity contribution in [3.05, 3.63) is 48.6 Å². The second kappa shape index (κ2) is 7.72. The summed E-state index contributed by atoms with van der Waals surface area (Å²) in [5, 5.41) is 0. The van der Waals surface area contributed by atoms with Gasteiger partial charge in [0.25, 0.3) is 0 Å². The van der Waals surface area contributed by atoms with Crippen molar-refractivity contribution >= 4 is 12.2 Å². The second-order valence-corrected chi connectivity index (χ2v) is 3.12. The van der Waals surface area contributed by atoms with E-state index >= 15 is 0 Å². The van der Waals surface area contributed by atoms with Crippen LogP contribution in [-0.4, -0.2) is 18.9 Å². The van der Waals surface area contributed by atoms with Crippen LogP contribution in [-0.2, 0) is 20.9 Å². The average molecular weight is 251 g/mol. The molecule has 0 aliphatic rings. The normalized spacial score (nSPS) is 9.11. The molecule has 0 aromatic heterocycles. The Kier molecular flexibility index (Phi) is 5.82. The fraction of sp³-hybridized carbons (Fsp3) is 0.167. The molecule has 1 aromatic carbocycles. The minimum atomic E-state index is -1.02. The summed E-state index contributed by atoms with van der Waals surface area (Å²) in [4.78, 5) is 26.2. The summed E-state index contributed by atoms with van der Waals surface area (Å²) < 4.78 is 9.23. The first-order valence-corrected chi connectivity index (χ1v) is 5.13. The lowest BCUT2D eigenvalue weighted by molar-refractivity contribution is 0.0100. The molecule has 0 aliphatic carbocycles. The van der Waals surface area contributed by atoms with Crippen molar-refractivity contribution in [2.24, 2.45) is 0 Å². The highest BCUT2D eigenvalue weighted by Gasteiger charge is 2.08. The Morgan fingerprint density at radius 2 is 1.94 bits per heavy atom. The van der Waals surface area contributed by atoms with Crippen molar-refractivity contribution in [3.8, 4) is 0 Å². The number of ether oxygens (including phenoxy) is 2. The van der Waals surface area contributed by atoms with E-state index in [1.54, 1.807) is 17.6 Å². The van der Waals surface area contributed by atoms with Gasteiger partial charge in [0.15, 0.2) is 0 Å². The molecule has 6 nitrogen and oxygen atoms in total. The van der Waals surface area contributed by atoms with E-state index in [1.165, 1.54) is 6.08 Å². The Balaban J connectivity index is 2.18. The summed E-state index contributed by atoms with van der Waals surface area (Å²) in [6.45, 7) is 3.43. The monoisotopic (exact) mass is 251 g/mol. The van der Waals surface area contributed by atoms with Crippen LogP contribution in [0, 0.1) is 0 Å². The zero-order chi connectivity index (χ0) is 13.2. The highest BCUT2D eigenvalue weighted by atomic mass is 16.8. The van der Waals surface area contributed by atoms with Gasteiger partial charge in [-0.25, -0.2) is 9.59 Å². The van der Waals surface area contributed by atoms with Gasteiger partial charge in [0.05, 0.1) is 0 Å². The summed E-state index contributed by atoms with van der Waals surface area (Å²) in [5.74, 6) is 0. The van der Waals surface area contributed by atoms with Crippen molar-refractivity contribution < 1.29 is 23.9 Å². The predicted molar refractivity (Wildman–Crippen MR) is 62.4 cm³/mol. The lowest BCUT2D eigenvalue weighted by Crippen LogP contribution is -2.28. The number of nitrogens with one attached hydrogen (secondary N) is 1. The van der Waals surface area contributed by atoms with Crippen molar-refractivity contribution in [2.75, 3.05) is 6.61 Å². The van der Waals surface area contributed by atoms with Crippen LogP contribution in [0.15, 0.2) is 43.0 Å². The quantitative estimate of drug-likeness (QED) is 0.504. The largest absolute Gasteiger partial charge is 0.533 e. The fourth-order valence-electron chi connectivity index (χ4n) is 0.993. The molecule has 96 valence electrons. The van der Waals surface area contributed by atoms with Crippen LogP contribution in [0.3, 0.4) is 0 Å². The van der Waals surface area contributed by atoms with E-state index in [1.807, 2.05) is 18.2 Å². The molecule has 6 heteroatoms. The molecule has 0 bridgehead atoms. The van der Waals surface area contributed by atoms with Crippen LogP contribution in [0.5, 0.6) is 0 Å². The molecule has 0 saturated carbocycles. The number of rotatable bonds is 4. The maximum Gasteiger partial charge on any atom is 0.533 e. The number of amides is 1. The lowest BCUT2D eigenvalue weighted by Gasteiger charge is -2.06. The first kappa shape index (κ1) is 13.6. The van der Waals surface area contributed by atoms with Crippen LogP contribution in [0.2, 0.25) is 0 Å². The molecular formula is C12H13NO5. The third-order valence-electron chi connectivity index (χ3n) is 1.75. The van der Waals surface area contributed by atoms with E-state index in [4.69, 9.17) is 4.74 Å². The number of hydrogen-bond acceptors (Lipinski definition) is 5. The van der Waals surface area contributed by atoms with Gasteiger partial charge in [-0.15, -0.1) is 5.48 Å². The summed E-state index contributed by atoms with van der Waals surface area (Å²) in [6, 6.07) is 9.06. The molecule has 0 aliphatic heterocycles. The summed E-state index contributed by atoms with van der Waals surface area (Å²) in [5.41, 5.74) is 2.58. The Morgan fingerprint density at radius 1 is 1.22 bits per heavy atom. The molecule has 1 amide bonds. The zero-order valence-corrected chi connectivity index (χ0v) is 9.63. The van der Waals surface area contributed by atoms with Gasteiger partial charge in [-0.2, -0.15) is 0 Å². The molecule has 0 atom stereocenters. The number of benzene rings is 1. The molecule has 0 saturated heterocycles. The maximum absolute atomic E-state index is 11.1. The van der Waals surface area contributed by atoms with Crippen LogP contribution in [0.1, 0.15) is 5.56 Å². The van der Waals surface area contributed by atoms with Gasteiger partial charge in [0.2, 0.25) is 0 Å². The first-order valence-electron chi connectivity index (χ1n) is 5.13. The summed E-state index contributed by atoms with van der Waals surface area (Å²) in [7, 11) is 0. The molecule has 1 rings (SSSR count). The fourth-order valence-corrected chi connectivity index (χ4v) is 0.993. The van der Waals surface area contributed by atoms with Gasteiger partial charge in [-0.3, -0.25) is 0 Å². The molecular weight excluding hydrogens is 238 g/mol. The van der Waals surface area contributed by atoms with Gasteiger partial charge >= 0.3 is 12.2 Å². The van der Waals surface area contributed by atoms with Crippen molar-refractivity contribution in [2.45, 2.75) is 6.61 Å². The van der Waals surface area contributed by atoms with Crippen molar-refractivity contribution in [3.63, 3.8) is 0 Å². The molecule has 18 heavy (non-hydrogen) atoms. The SMILES string of the molecule is C=CCOC(=O)NOC(=O)OCc1ccccc1. The zero-order valence-electron chi connectivity index (χ0n) is 9.63. The number of carbonyl (C=O) groups excluding carboxylic acids is 2. The summed E-state index contributed by atoms with van der Waals surface area (Å²) in [6.07, 6.45) is -0.534. The van der Waals surface area contributed by atoms with Gasteiger partial charge in [0.1, 0.15) is 13.2 Å². The molecule has 1 N–H and O–H groups in total. The minimum Gasteiger partial charge on any atom is -0.443 e. The van der Waals surface area contributed by atoms with Crippen molar-refractivity contribution in [1.82, 2.24) is 5.48 Å². The lowest BCUT2D eigenvalue weighted by atomic mass is 10.2. The van der Waals surface area contributed by atoms with Crippen LogP contribution in [0.4, 0.5) is 9.59 Å². The van der Waals surface area contributed by atoms with Crippen molar-refractivity contribution in [1.29, 1.82) is 0 Å². The molecule has 0 spiro atoms. The molecule has 0 fully saturated rings. The number of carbonyl (C=O) groups is 2. The van der Waals surface area contributed by atoms with E-state index < -0.39 is 12.2 Å². The Bertz CT molecular complexity index is 404. The van der Waals surface area contributed by atoms with Gasteiger partial charge in [-0.1, -0.05) is 43.0 Å². The standard InChI is InChI=1S/C12H13NO5/c1-2-8-16-11(14)13-18-12(15)17-9-10-6-4-3-5-7-10/h2-7H,1,8-9H2,(H,13,14). The first-order chi connectivity index (χ1) is 8.72. The molecule has 0 radical (unpaired) electrons. The predicted octanol–water partition coefficient (Wildman–Crippen LogP) is 2.17. The van der Waals surface area contributed by atoms with Crippen LogP contribution >= 0.6 is 0 Å². The number of hydrogen-bond donors (Lipinski definition) is 1. The Hall–Kier alpha value is -2.50. The maximum atomic E-state index is 11.1. The van der Waals surface area contributed by atoms with Gasteiger partial charge in [0, 0.05) is 0 Å².